The highest BCUT2D eigenvalue weighted by Crippen LogP contribution is 2.30. The van der Waals surface area contributed by atoms with Gasteiger partial charge in [0.25, 0.3) is 10.0 Å². The molecule has 1 aliphatic rings. The van der Waals surface area contributed by atoms with Crippen molar-refractivity contribution in [3.63, 3.8) is 0 Å². The summed E-state index contributed by atoms with van der Waals surface area (Å²) >= 11 is 12.6. The smallest absolute Gasteiger partial charge is 0.264 e. The third-order valence-corrected chi connectivity index (χ3v) is 9.94. The van der Waals surface area contributed by atoms with Crippen LogP contribution in [-0.4, -0.2) is 43.8 Å². The Morgan fingerprint density at radius 2 is 1.57 bits per heavy atom. The van der Waals surface area contributed by atoms with Crippen LogP contribution in [0.25, 0.3) is 0 Å². The first-order valence-corrected chi connectivity index (χ1v) is 16.4. The van der Waals surface area contributed by atoms with Gasteiger partial charge in [-0.3, -0.25) is 13.9 Å². The quantitative estimate of drug-likeness (QED) is 0.256. The average molecular weight is 631 g/mol. The zero-order valence-electron chi connectivity index (χ0n) is 24.1. The van der Waals surface area contributed by atoms with Crippen molar-refractivity contribution >= 4 is 50.7 Å². The topological polar surface area (TPSA) is 86.8 Å². The van der Waals surface area contributed by atoms with E-state index in [-0.39, 0.29) is 39.1 Å². The SMILES string of the molecule is CCC(C(=O)NC1CCCC1)N(Cc1ccccc1C)C(=O)CN(c1cc(Cl)cc(Cl)c1)S(=O)(=O)c1ccc(C)cc1. The number of benzene rings is 3. The fraction of sp³-hybridized carbons (Fsp3) is 0.375. The summed E-state index contributed by atoms with van der Waals surface area (Å²) < 4.78 is 29.1. The second kappa shape index (κ2) is 13.9. The van der Waals surface area contributed by atoms with E-state index in [1.807, 2.05) is 45.0 Å². The Labute approximate surface area is 258 Å². The minimum absolute atomic E-state index is 0.0217. The molecule has 42 heavy (non-hydrogen) atoms. The van der Waals surface area contributed by atoms with E-state index >= 15 is 0 Å². The number of sulfonamides is 1. The molecule has 7 nitrogen and oxygen atoms in total. The molecule has 2 amide bonds. The Morgan fingerprint density at radius 1 is 0.952 bits per heavy atom. The number of nitrogens with zero attached hydrogens (tertiary/aromatic N) is 2. The zero-order valence-corrected chi connectivity index (χ0v) is 26.5. The van der Waals surface area contributed by atoms with E-state index in [9.17, 15) is 18.0 Å². The summed E-state index contributed by atoms with van der Waals surface area (Å²) in [5, 5.41) is 3.59. The van der Waals surface area contributed by atoms with Gasteiger partial charge in [0.1, 0.15) is 12.6 Å². The van der Waals surface area contributed by atoms with Gasteiger partial charge in [-0.1, -0.05) is 84.9 Å². The Morgan fingerprint density at radius 3 is 2.17 bits per heavy atom. The number of halogens is 2. The minimum atomic E-state index is -4.22. The van der Waals surface area contributed by atoms with Crippen molar-refractivity contribution in [3.8, 4) is 0 Å². The van der Waals surface area contributed by atoms with Gasteiger partial charge in [0, 0.05) is 22.6 Å². The highest BCUT2D eigenvalue weighted by atomic mass is 35.5. The maximum atomic E-state index is 14.3. The van der Waals surface area contributed by atoms with E-state index in [1.54, 1.807) is 12.1 Å². The third-order valence-electron chi connectivity index (χ3n) is 7.71. The van der Waals surface area contributed by atoms with Crippen LogP contribution in [-0.2, 0) is 26.2 Å². The van der Waals surface area contributed by atoms with Crippen LogP contribution in [0, 0.1) is 13.8 Å². The van der Waals surface area contributed by atoms with Crippen molar-refractivity contribution in [3.05, 3.63) is 93.5 Å². The first kappa shape index (κ1) is 31.9. The predicted molar refractivity (Wildman–Crippen MR) is 168 cm³/mol. The number of aryl methyl sites for hydroxylation is 2. The van der Waals surface area contributed by atoms with Crippen molar-refractivity contribution in [2.24, 2.45) is 0 Å². The van der Waals surface area contributed by atoms with E-state index in [0.717, 1.165) is 46.7 Å². The first-order chi connectivity index (χ1) is 20.0. The number of carbonyl (C=O) groups is 2. The largest absolute Gasteiger partial charge is 0.352 e. The first-order valence-electron chi connectivity index (χ1n) is 14.2. The number of hydrogen-bond donors (Lipinski definition) is 1. The number of amides is 2. The Kier molecular flexibility index (Phi) is 10.6. The van der Waals surface area contributed by atoms with Gasteiger partial charge >= 0.3 is 0 Å². The number of carbonyl (C=O) groups excluding carboxylic acids is 2. The lowest BCUT2D eigenvalue weighted by Gasteiger charge is -2.34. The molecule has 10 heteroatoms. The summed E-state index contributed by atoms with van der Waals surface area (Å²) in [6, 6.07) is 17.8. The normalized spacial score (nSPS) is 14.4. The van der Waals surface area contributed by atoms with Crippen LogP contribution in [0.5, 0.6) is 0 Å². The Hall–Kier alpha value is -3.07. The number of nitrogens with one attached hydrogen (secondary N) is 1. The second-order valence-corrected chi connectivity index (χ2v) is 13.5. The van der Waals surface area contributed by atoms with Gasteiger partial charge in [0.15, 0.2) is 0 Å². The highest BCUT2D eigenvalue weighted by Gasteiger charge is 2.35. The van der Waals surface area contributed by atoms with Crippen LogP contribution in [0.1, 0.15) is 55.7 Å². The van der Waals surface area contributed by atoms with E-state index in [2.05, 4.69) is 5.32 Å². The summed E-state index contributed by atoms with van der Waals surface area (Å²) in [5.74, 6) is -0.747. The molecule has 1 atom stereocenters. The molecular formula is C32H37Cl2N3O4S. The molecule has 1 N–H and O–H groups in total. The molecule has 4 rings (SSSR count). The molecular weight excluding hydrogens is 593 g/mol. The zero-order chi connectivity index (χ0) is 30.4. The molecule has 0 aliphatic heterocycles. The van der Waals surface area contributed by atoms with E-state index < -0.39 is 28.5 Å². The lowest BCUT2D eigenvalue weighted by Crippen LogP contribution is -2.53. The van der Waals surface area contributed by atoms with Crippen molar-refractivity contribution in [2.45, 2.75) is 76.4 Å². The van der Waals surface area contributed by atoms with Crippen LogP contribution in [0.2, 0.25) is 10.0 Å². The van der Waals surface area contributed by atoms with Crippen molar-refractivity contribution < 1.29 is 18.0 Å². The molecule has 0 aromatic heterocycles. The summed E-state index contributed by atoms with van der Waals surface area (Å²) in [7, 11) is -4.22. The Balaban J connectivity index is 1.75. The molecule has 0 spiro atoms. The van der Waals surface area contributed by atoms with Crippen LogP contribution in [0.3, 0.4) is 0 Å². The summed E-state index contributed by atoms with van der Waals surface area (Å²) in [5.41, 5.74) is 2.88. The average Bonchev–Trinajstić information content (AvgIpc) is 3.45. The summed E-state index contributed by atoms with van der Waals surface area (Å²) in [6.07, 6.45) is 4.30. The summed E-state index contributed by atoms with van der Waals surface area (Å²) in [6.45, 7) is 5.26. The fourth-order valence-electron chi connectivity index (χ4n) is 5.31. The van der Waals surface area contributed by atoms with Crippen LogP contribution in [0.4, 0.5) is 5.69 Å². The van der Waals surface area contributed by atoms with Gasteiger partial charge in [-0.05, 0) is 74.6 Å². The molecule has 0 heterocycles. The number of rotatable bonds is 11. The molecule has 224 valence electrons. The molecule has 1 fully saturated rings. The van der Waals surface area contributed by atoms with E-state index in [1.165, 1.54) is 35.2 Å². The molecule has 1 saturated carbocycles. The third kappa shape index (κ3) is 7.65. The van der Waals surface area contributed by atoms with Crippen LogP contribution in [0.15, 0.2) is 71.6 Å². The van der Waals surface area contributed by atoms with Crippen molar-refractivity contribution in [1.29, 1.82) is 0 Å². The maximum absolute atomic E-state index is 14.3. The lowest BCUT2D eigenvalue weighted by molar-refractivity contribution is -0.140. The molecule has 1 unspecified atom stereocenters. The standard InChI is InChI=1S/C32H37Cl2N3O4S/c1-4-30(32(39)35-27-11-7-8-12-27)36(20-24-10-6-5-9-23(24)3)31(38)21-37(28-18-25(33)17-26(34)19-28)42(40,41)29-15-13-22(2)14-16-29/h5-6,9-10,13-19,27,30H,4,7-8,11-12,20-21H2,1-3H3,(H,35,39). The molecule has 3 aromatic carbocycles. The fourth-order valence-corrected chi connectivity index (χ4v) is 7.22. The Bertz CT molecular complexity index is 1500. The van der Waals surface area contributed by atoms with Gasteiger partial charge in [0.2, 0.25) is 11.8 Å². The molecule has 0 saturated heterocycles. The van der Waals surface area contributed by atoms with Crippen LogP contribution >= 0.6 is 23.2 Å². The lowest BCUT2D eigenvalue weighted by atomic mass is 10.1. The van der Waals surface area contributed by atoms with Crippen molar-refractivity contribution in [1.82, 2.24) is 10.2 Å². The van der Waals surface area contributed by atoms with Gasteiger partial charge < -0.3 is 10.2 Å². The second-order valence-electron chi connectivity index (χ2n) is 10.8. The van der Waals surface area contributed by atoms with Gasteiger partial charge in [0.05, 0.1) is 10.6 Å². The van der Waals surface area contributed by atoms with Gasteiger partial charge in [-0.15, -0.1) is 0 Å². The van der Waals surface area contributed by atoms with E-state index in [4.69, 9.17) is 23.2 Å². The predicted octanol–water partition coefficient (Wildman–Crippen LogP) is 6.67. The van der Waals surface area contributed by atoms with Crippen LogP contribution < -0.4 is 9.62 Å². The minimum Gasteiger partial charge on any atom is -0.352 e. The highest BCUT2D eigenvalue weighted by molar-refractivity contribution is 7.92. The molecule has 3 aromatic rings. The summed E-state index contributed by atoms with van der Waals surface area (Å²) in [4.78, 5) is 29.4. The van der Waals surface area contributed by atoms with Gasteiger partial charge in [-0.2, -0.15) is 0 Å². The molecule has 0 radical (unpaired) electrons. The number of anilines is 1. The number of hydrogen-bond acceptors (Lipinski definition) is 4. The monoisotopic (exact) mass is 629 g/mol. The maximum Gasteiger partial charge on any atom is 0.264 e. The van der Waals surface area contributed by atoms with Gasteiger partial charge in [-0.25, -0.2) is 8.42 Å². The van der Waals surface area contributed by atoms with Crippen molar-refractivity contribution in [2.75, 3.05) is 10.8 Å². The molecule has 0 bridgehead atoms. The molecule has 1 aliphatic carbocycles. The van der Waals surface area contributed by atoms with E-state index in [0.29, 0.717) is 6.42 Å².